The maximum Gasteiger partial charge on any atom is 0.323 e. The van der Waals surface area contributed by atoms with Gasteiger partial charge in [-0.2, -0.15) is 0 Å². The Morgan fingerprint density at radius 2 is 1.45 bits per heavy atom. The van der Waals surface area contributed by atoms with Crippen LogP contribution in [0.5, 0.6) is 0 Å². The van der Waals surface area contributed by atoms with Crippen LogP contribution in [0.3, 0.4) is 0 Å². The average Bonchev–Trinajstić information content (AvgIpc) is 2.36. The van der Waals surface area contributed by atoms with E-state index in [1.807, 2.05) is 0 Å². The maximum atomic E-state index is 11.9. The van der Waals surface area contributed by atoms with Crippen molar-refractivity contribution in [3.63, 3.8) is 0 Å². The first-order valence-corrected chi connectivity index (χ1v) is 6.45. The molecule has 7 nitrogen and oxygen atoms in total. The number of carbonyl (C=O) groups excluding carboxylic acids is 2. The number of hydrogen-bond donors (Lipinski definition) is 1. The molecule has 0 aromatic rings. The summed E-state index contributed by atoms with van der Waals surface area (Å²) in [7, 11) is 2.79. The minimum atomic E-state index is -1.71. The van der Waals surface area contributed by atoms with Crippen LogP contribution in [-0.4, -0.2) is 56.4 Å². The van der Waals surface area contributed by atoms with E-state index >= 15 is 0 Å². The van der Waals surface area contributed by atoms with Crippen LogP contribution in [0.4, 0.5) is 0 Å². The number of aliphatic hydroxyl groups is 1. The normalized spacial score (nSPS) is 14.2. The second-order valence-corrected chi connectivity index (χ2v) is 4.40. The molecule has 1 N–H and O–H groups in total. The van der Waals surface area contributed by atoms with Crippen molar-refractivity contribution in [2.24, 2.45) is 5.92 Å². The molecule has 0 aliphatic heterocycles. The van der Waals surface area contributed by atoms with E-state index in [2.05, 4.69) is 0 Å². The Kier molecular flexibility index (Phi) is 8.36. The first kappa shape index (κ1) is 18.8. The molecule has 0 amide bonds. The lowest BCUT2D eigenvalue weighted by molar-refractivity contribution is -0.185. The third-order valence-electron chi connectivity index (χ3n) is 2.77. The molecule has 0 heterocycles. The van der Waals surface area contributed by atoms with Gasteiger partial charge in [-0.15, -0.1) is 0 Å². The van der Waals surface area contributed by atoms with Crippen LogP contribution in [0.1, 0.15) is 27.2 Å². The zero-order valence-electron chi connectivity index (χ0n) is 12.7. The van der Waals surface area contributed by atoms with Gasteiger partial charge in [0.05, 0.1) is 18.8 Å². The number of hydrogen-bond acceptors (Lipinski definition) is 7. The summed E-state index contributed by atoms with van der Waals surface area (Å²) in [6.07, 6.45) is -0.834. The third-order valence-corrected chi connectivity index (χ3v) is 2.77. The number of rotatable bonds is 9. The lowest BCUT2D eigenvalue weighted by Gasteiger charge is -2.31. The molecule has 0 fully saturated rings. The van der Waals surface area contributed by atoms with Crippen LogP contribution in [0.25, 0.3) is 0 Å². The van der Waals surface area contributed by atoms with Gasteiger partial charge in [0, 0.05) is 20.6 Å². The minimum absolute atomic E-state index is 0.0811. The van der Waals surface area contributed by atoms with Crippen molar-refractivity contribution in [2.45, 2.75) is 39.1 Å². The highest BCUT2D eigenvalue weighted by atomic mass is 16.7. The van der Waals surface area contributed by atoms with Crippen molar-refractivity contribution in [3.8, 4) is 0 Å². The first-order valence-electron chi connectivity index (χ1n) is 6.45. The van der Waals surface area contributed by atoms with Crippen molar-refractivity contribution < 1.29 is 33.6 Å². The molecule has 0 rings (SSSR count). The summed E-state index contributed by atoms with van der Waals surface area (Å²) in [6, 6.07) is 0. The van der Waals surface area contributed by atoms with Crippen LogP contribution in [0, 0.1) is 5.92 Å². The quantitative estimate of drug-likeness (QED) is 0.375. The Hall–Kier alpha value is -1.18. The van der Waals surface area contributed by atoms with Gasteiger partial charge in [0.1, 0.15) is 0 Å². The predicted molar refractivity (Wildman–Crippen MR) is 69.8 cm³/mol. The topological polar surface area (TPSA) is 91.3 Å². The zero-order valence-corrected chi connectivity index (χ0v) is 12.7. The molecule has 0 aliphatic carbocycles. The minimum Gasteiger partial charge on any atom is -0.465 e. The molecule has 118 valence electrons. The van der Waals surface area contributed by atoms with E-state index in [0.29, 0.717) is 0 Å². The van der Waals surface area contributed by atoms with E-state index in [0.717, 1.165) is 0 Å². The predicted octanol–water partition coefficient (Wildman–Crippen LogP) is 0.489. The van der Waals surface area contributed by atoms with Gasteiger partial charge in [-0.05, 0) is 20.8 Å². The van der Waals surface area contributed by atoms with Gasteiger partial charge in [-0.1, -0.05) is 0 Å². The molecule has 1 atom stereocenters. The van der Waals surface area contributed by atoms with Crippen molar-refractivity contribution in [2.75, 3.05) is 27.4 Å². The molecule has 0 aromatic heterocycles. The Morgan fingerprint density at radius 1 is 1.05 bits per heavy atom. The van der Waals surface area contributed by atoms with Crippen LogP contribution in [0.2, 0.25) is 0 Å². The van der Waals surface area contributed by atoms with E-state index in [1.165, 1.54) is 21.1 Å². The highest BCUT2D eigenvalue weighted by molar-refractivity contribution is 5.96. The number of methoxy groups -OCH3 is 2. The molecule has 0 bridgehead atoms. The van der Waals surface area contributed by atoms with Gasteiger partial charge in [-0.3, -0.25) is 9.59 Å². The molecular formula is C13H24O7. The van der Waals surface area contributed by atoms with Gasteiger partial charge < -0.3 is 24.1 Å². The number of ether oxygens (including phenoxy) is 4. The summed E-state index contributed by atoms with van der Waals surface area (Å²) in [5, 5.41) is 10.4. The van der Waals surface area contributed by atoms with E-state index in [9.17, 15) is 14.7 Å². The monoisotopic (exact) mass is 292 g/mol. The Morgan fingerprint density at radius 3 is 1.75 bits per heavy atom. The Balaban J connectivity index is 5.16. The molecule has 0 aliphatic rings. The van der Waals surface area contributed by atoms with Gasteiger partial charge in [0.15, 0.2) is 12.2 Å². The summed E-state index contributed by atoms with van der Waals surface area (Å²) in [4.78, 5) is 23.8. The molecule has 7 heteroatoms. The number of carbonyl (C=O) groups is 2. The van der Waals surface area contributed by atoms with E-state index < -0.39 is 29.7 Å². The van der Waals surface area contributed by atoms with Crippen LogP contribution in [-0.2, 0) is 28.5 Å². The molecule has 0 saturated heterocycles. The maximum absolute atomic E-state index is 11.9. The van der Waals surface area contributed by atoms with E-state index in [-0.39, 0.29) is 19.6 Å². The van der Waals surface area contributed by atoms with E-state index in [1.54, 1.807) is 13.8 Å². The highest BCUT2D eigenvalue weighted by Crippen LogP contribution is 2.27. The molecule has 1 unspecified atom stereocenters. The molecule has 0 saturated carbocycles. The van der Waals surface area contributed by atoms with Crippen LogP contribution >= 0.6 is 0 Å². The molecule has 20 heavy (non-hydrogen) atoms. The SMILES string of the molecule is CCOC(=O)C(C(=O)OCC)C(C)(O)CC(OC)OC. The van der Waals surface area contributed by atoms with Crippen molar-refractivity contribution >= 4 is 11.9 Å². The lowest BCUT2D eigenvalue weighted by atomic mass is 9.86. The highest BCUT2D eigenvalue weighted by Gasteiger charge is 2.46. The average molecular weight is 292 g/mol. The van der Waals surface area contributed by atoms with Crippen LogP contribution in [0.15, 0.2) is 0 Å². The summed E-state index contributed by atoms with van der Waals surface area (Å²) in [6.45, 7) is 4.77. The summed E-state index contributed by atoms with van der Waals surface area (Å²) in [5.41, 5.74) is -1.71. The fourth-order valence-corrected chi connectivity index (χ4v) is 1.77. The van der Waals surface area contributed by atoms with Gasteiger partial charge in [0.25, 0.3) is 0 Å². The van der Waals surface area contributed by atoms with Crippen molar-refractivity contribution in [1.82, 2.24) is 0 Å². The summed E-state index contributed by atoms with van der Waals surface area (Å²) in [5.74, 6) is -3.11. The molecular weight excluding hydrogens is 268 g/mol. The number of esters is 2. The third kappa shape index (κ3) is 5.44. The summed E-state index contributed by atoms with van der Waals surface area (Å²) >= 11 is 0. The van der Waals surface area contributed by atoms with Crippen molar-refractivity contribution in [1.29, 1.82) is 0 Å². The van der Waals surface area contributed by atoms with E-state index in [4.69, 9.17) is 18.9 Å². The van der Waals surface area contributed by atoms with Gasteiger partial charge in [-0.25, -0.2) is 0 Å². The summed E-state index contributed by atoms with van der Waals surface area (Å²) < 4.78 is 19.6. The second-order valence-electron chi connectivity index (χ2n) is 4.40. The fraction of sp³-hybridized carbons (Fsp3) is 0.846. The standard InChI is InChI=1S/C13H24O7/c1-6-19-11(14)10(12(15)20-7-2)13(3,16)8-9(17-4)18-5/h9-10,16H,6-8H2,1-5H3. The Labute approximate surface area is 119 Å². The molecule has 0 aromatic carbocycles. The lowest BCUT2D eigenvalue weighted by Crippen LogP contribution is -2.48. The molecule has 0 radical (unpaired) electrons. The zero-order chi connectivity index (χ0) is 15.8. The second kappa shape index (κ2) is 8.89. The fourth-order valence-electron chi connectivity index (χ4n) is 1.77. The Bertz CT molecular complexity index is 292. The van der Waals surface area contributed by atoms with Gasteiger partial charge >= 0.3 is 11.9 Å². The first-order chi connectivity index (χ1) is 9.33. The van der Waals surface area contributed by atoms with Crippen molar-refractivity contribution in [3.05, 3.63) is 0 Å². The smallest absolute Gasteiger partial charge is 0.323 e. The molecule has 0 spiro atoms. The largest absolute Gasteiger partial charge is 0.465 e. The van der Waals surface area contributed by atoms with Crippen LogP contribution < -0.4 is 0 Å². The van der Waals surface area contributed by atoms with Gasteiger partial charge in [0.2, 0.25) is 0 Å².